The summed E-state index contributed by atoms with van der Waals surface area (Å²) in [4.78, 5) is 38.2. The van der Waals surface area contributed by atoms with Crippen LogP contribution in [0.1, 0.15) is 38.7 Å². The van der Waals surface area contributed by atoms with E-state index >= 15 is 0 Å². The molecule has 34 heavy (non-hydrogen) atoms. The highest BCUT2D eigenvalue weighted by Gasteiger charge is 2.39. The van der Waals surface area contributed by atoms with Gasteiger partial charge in [0.2, 0.25) is 0 Å². The van der Waals surface area contributed by atoms with E-state index in [0.29, 0.717) is 43.2 Å². The molecule has 1 N–H and O–H groups in total. The van der Waals surface area contributed by atoms with Gasteiger partial charge in [0.1, 0.15) is 11.4 Å². The first-order valence-corrected chi connectivity index (χ1v) is 11.4. The molecule has 9 heteroatoms. The van der Waals surface area contributed by atoms with Crippen LogP contribution < -0.4 is 10.1 Å². The summed E-state index contributed by atoms with van der Waals surface area (Å²) in [7, 11) is 0. The molecule has 0 spiro atoms. The van der Waals surface area contributed by atoms with Crippen molar-refractivity contribution < 1.29 is 24.0 Å². The van der Waals surface area contributed by atoms with Gasteiger partial charge in [-0.05, 0) is 61.7 Å². The lowest BCUT2D eigenvalue weighted by molar-refractivity contribution is -0.384. The molecule has 2 aromatic rings. The van der Waals surface area contributed by atoms with E-state index < -0.39 is 16.7 Å². The van der Waals surface area contributed by atoms with Crippen molar-refractivity contribution in [3.05, 3.63) is 69.9 Å². The van der Waals surface area contributed by atoms with Gasteiger partial charge in [-0.15, -0.1) is 0 Å². The number of nitro groups is 1. The summed E-state index contributed by atoms with van der Waals surface area (Å²) in [6.07, 6.45) is 2.51. The quantitative estimate of drug-likeness (QED) is 0.201. The second-order valence-corrected chi connectivity index (χ2v) is 7.72. The molecular weight excluding hydrogens is 438 g/mol. The van der Waals surface area contributed by atoms with E-state index in [0.717, 1.165) is 12.8 Å². The molecule has 180 valence electrons. The van der Waals surface area contributed by atoms with Crippen molar-refractivity contribution >= 4 is 28.8 Å². The second kappa shape index (κ2) is 11.9. The molecule has 0 saturated heterocycles. The van der Waals surface area contributed by atoms with Gasteiger partial charge in [0, 0.05) is 37.6 Å². The molecule has 0 unspecified atom stereocenters. The Kier molecular flexibility index (Phi) is 8.75. The molecule has 3 rings (SSSR count). The fourth-order valence-corrected chi connectivity index (χ4v) is 3.53. The van der Waals surface area contributed by atoms with Gasteiger partial charge in [0.25, 0.3) is 17.5 Å². The van der Waals surface area contributed by atoms with E-state index in [4.69, 9.17) is 9.47 Å². The Bertz CT molecular complexity index is 1050. The summed E-state index contributed by atoms with van der Waals surface area (Å²) in [5.74, 6) is -0.196. The lowest BCUT2D eigenvalue weighted by Gasteiger charge is -2.15. The number of nitrogens with one attached hydrogen (secondary N) is 1. The zero-order valence-electron chi connectivity index (χ0n) is 19.4. The molecule has 0 aliphatic carbocycles. The van der Waals surface area contributed by atoms with Crippen molar-refractivity contribution in [2.24, 2.45) is 0 Å². The van der Waals surface area contributed by atoms with E-state index in [9.17, 15) is 19.7 Å². The predicted molar refractivity (Wildman–Crippen MR) is 128 cm³/mol. The molecule has 1 aliphatic heterocycles. The molecule has 0 radical (unpaired) electrons. The Labute approximate surface area is 198 Å². The predicted octanol–water partition coefficient (Wildman–Crippen LogP) is 4.39. The maximum Gasteiger partial charge on any atom is 0.278 e. The number of anilines is 1. The van der Waals surface area contributed by atoms with E-state index in [-0.39, 0.29) is 23.5 Å². The van der Waals surface area contributed by atoms with Gasteiger partial charge in [-0.2, -0.15) is 0 Å². The smallest absolute Gasteiger partial charge is 0.278 e. The summed E-state index contributed by atoms with van der Waals surface area (Å²) >= 11 is 0. The van der Waals surface area contributed by atoms with Gasteiger partial charge in [0.05, 0.1) is 17.1 Å². The second-order valence-electron chi connectivity index (χ2n) is 7.72. The van der Waals surface area contributed by atoms with E-state index in [1.165, 1.54) is 29.2 Å². The number of amides is 2. The minimum Gasteiger partial charge on any atom is -0.494 e. The summed E-state index contributed by atoms with van der Waals surface area (Å²) in [6.45, 7) is 5.82. The van der Waals surface area contributed by atoms with Crippen LogP contribution in [0.5, 0.6) is 5.75 Å². The molecule has 9 nitrogen and oxygen atoms in total. The number of imide groups is 1. The number of ether oxygens (including phenoxy) is 2. The number of non-ortho nitro benzene ring substituents is 1. The third-order valence-corrected chi connectivity index (χ3v) is 5.28. The number of rotatable bonds is 13. The average Bonchev–Trinajstić information content (AvgIpc) is 3.06. The number of nitro benzene ring substituents is 1. The Hall–Kier alpha value is -3.72. The number of nitrogens with zero attached hydrogens (tertiary/aromatic N) is 2. The molecule has 0 aromatic heterocycles. The van der Waals surface area contributed by atoms with Gasteiger partial charge in [0.15, 0.2) is 0 Å². The van der Waals surface area contributed by atoms with Crippen LogP contribution in [0.25, 0.3) is 5.57 Å². The van der Waals surface area contributed by atoms with E-state index in [2.05, 4.69) is 12.2 Å². The van der Waals surface area contributed by atoms with Crippen molar-refractivity contribution in [1.82, 2.24) is 4.90 Å². The van der Waals surface area contributed by atoms with Crippen molar-refractivity contribution in [2.45, 2.75) is 33.1 Å². The maximum atomic E-state index is 13.3. The highest BCUT2D eigenvalue weighted by atomic mass is 16.6. The number of carbonyl (C=O) groups excluding carboxylic acids is 2. The topological polar surface area (TPSA) is 111 Å². The summed E-state index contributed by atoms with van der Waals surface area (Å²) < 4.78 is 11.0. The van der Waals surface area contributed by atoms with Crippen LogP contribution in [-0.2, 0) is 14.3 Å². The molecule has 2 aromatic carbocycles. The van der Waals surface area contributed by atoms with Crippen molar-refractivity contribution in [1.29, 1.82) is 0 Å². The van der Waals surface area contributed by atoms with Gasteiger partial charge in [-0.3, -0.25) is 24.6 Å². The Balaban J connectivity index is 1.84. The highest BCUT2D eigenvalue weighted by Crippen LogP contribution is 2.32. The van der Waals surface area contributed by atoms with Crippen LogP contribution >= 0.6 is 0 Å². The van der Waals surface area contributed by atoms with Crippen molar-refractivity contribution in [2.75, 3.05) is 31.7 Å². The molecule has 1 aliphatic rings. The van der Waals surface area contributed by atoms with Crippen molar-refractivity contribution in [3.63, 3.8) is 0 Å². The Morgan fingerprint density at radius 2 is 1.62 bits per heavy atom. The first kappa shape index (κ1) is 24.9. The third-order valence-electron chi connectivity index (χ3n) is 5.28. The largest absolute Gasteiger partial charge is 0.494 e. The van der Waals surface area contributed by atoms with E-state index in [1.54, 1.807) is 24.3 Å². The van der Waals surface area contributed by atoms with Crippen LogP contribution in [0.15, 0.2) is 54.2 Å². The lowest BCUT2D eigenvalue weighted by atomic mass is 10.0. The number of hydrogen-bond donors (Lipinski definition) is 1. The minimum atomic E-state index is -0.510. The van der Waals surface area contributed by atoms with Crippen LogP contribution in [0.4, 0.5) is 11.4 Å². The number of carbonyl (C=O) groups is 2. The Morgan fingerprint density at radius 1 is 0.941 bits per heavy atom. The number of unbranched alkanes of at least 4 members (excludes halogenated alkanes) is 1. The third kappa shape index (κ3) is 5.99. The van der Waals surface area contributed by atoms with Crippen LogP contribution in [0.2, 0.25) is 0 Å². The first-order valence-electron chi connectivity index (χ1n) is 11.4. The molecule has 0 bridgehead atoms. The summed E-state index contributed by atoms with van der Waals surface area (Å²) in [6, 6.07) is 12.7. The van der Waals surface area contributed by atoms with Crippen LogP contribution in [0.3, 0.4) is 0 Å². The lowest BCUT2D eigenvalue weighted by Crippen LogP contribution is -2.34. The fourth-order valence-electron chi connectivity index (χ4n) is 3.53. The zero-order chi connectivity index (χ0) is 24.5. The monoisotopic (exact) mass is 467 g/mol. The minimum absolute atomic E-state index is 0.0942. The average molecular weight is 468 g/mol. The van der Waals surface area contributed by atoms with E-state index in [1.807, 2.05) is 6.92 Å². The normalized spacial score (nSPS) is 13.5. The zero-order valence-corrected chi connectivity index (χ0v) is 19.4. The number of hydrogen-bond acceptors (Lipinski definition) is 7. The summed E-state index contributed by atoms with van der Waals surface area (Å²) in [5, 5.41) is 14.1. The Morgan fingerprint density at radius 3 is 2.24 bits per heavy atom. The molecule has 0 fully saturated rings. The molecule has 1 heterocycles. The molecular formula is C25H29N3O6. The van der Waals surface area contributed by atoms with Gasteiger partial charge in [-0.1, -0.05) is 13.3 Å². The first-order chi connectivity index (χ1) is 16.5. The van der Waals surface area contributed by atoms with Gasteiger partial charge < -0.3 is 14.8 Å². The van der Waals surface area contributed by atoms with Crippen molar-refractivity contribution in [3.8, 4) is 5.75 Å². The van der Waals surface area contributed by atoms with Crippen LogP contribution in [0, 0.1) is 10.1 Å². The molecule has 0 atom stereocenters. The molecule has 2 amide bonds. The summed E-state index contributed by atoms with van der Waals surface area (Å²) in [5.41, 5.74) is 1.27. The van der Waals surface area contributed by atoms with Gasteiger partial charge >= 0.3 is 0 Å². The SMILES string of the molecule is CCCCOCCCN1C(=O)C(Nc2ccc(OCC)cc2)=C(c2ccc([N+](=O)[O-])cc2)C1=O. The highest BCUT2D eigenvalue weighted by molar-refractivity contribution is 6.36. The number of benzene rings is 2. The fraction of sp³-hybridized carbons (Fsp3) is 0.360. The maximum absolute atomic E-state index is 13.3. The van der Waals surface area contributed by atoms with Gasteiger partial charge in [-0.25, -0.2) is 0 Å². The van der Waals surface area contributed by atoms with Crippen LogP contribution in [-0.4, -0.2) is 48.0 Å². The molecule has 0 saturated carbocycles. The standard InChI is InChI=1S/C25H29N3O6/c1-3-5-16-33-17-6-15-27-24(29)22(18-7-11-20(12-8-18)28(31)32)23(25(27)30)26-19-9-13-21(14-10-19)34-4-2/h7-14,26H,3-6,15-17H2,1-2H3.